The number of rotatable bonds is 16. The van der Waals surface area contributed by atoms with Crippen molar-refractivity contribution in [3.05, 3.63) is 46.6 Å². The lowest BCUT2D eigenvalue weighted by molar-refractivity contribution is -0.178. The van der Waals surface area contributed by atoms with E-state index in [0.717, 1.165) is 44.9 Å². The van der Waals surface area contributed by atoms with Gasteiger partial charge in [-0.1, -0.05) is 87.5 Å². The number of hydrogen-bond donors (Lipinski definition) is 1. The second-order valence-electron chi connectivity index (χ2n) is 12.4. The van der Waals surface area contributed by atoms with Crippen LogP contribution in [0.4, 0.5) is 0 Å². The van der Waals surface area contributed by atoms with Crippen LogP contribution in [0.2, 0.25) is 0 Å². The summed E-state index contributed by atoms with van der Waals surface area (Å²) in [6, 6.07) is 0. The molecule has 1 heterocycles. The zero-order valence-corrected chi connectivity index (χ0v) is 25.1. The molecule has 4 unspecified atom stereocenters. The van der Waals surface area contributed by atoms with Gasteiger partial charge >= 0.3 is 5.97 Å². The Labute approximate surface area is 228 Å². The predicted molar refractivity (Wildman–Crippen MR) is 158 cm³/mol. The minimum Gasteiger partial charge on any atom is -0.481 e. The molecule has 0 saturated carbocycles. The Bertz CT molecular complexity index is 860. The molecular weight excluding hydrogens is 456 g/mol. The largest absolute Gasteiger partial charge is 0.481 e. The number of unbranched alkanes of at least 4 members (excludes halogenated alkanes) is 3. The van der Waals surface area contributed by atoms with Gasteiger partial charge in [0, 0.05) is 5.92 Å². The molecule has 1 saturated heterocycles. The van der Waals surface area contributed by atoms with Crippen LogP contribution in [-0.4, -0.2) is 22.3 Å². The van der Waals surface area contributed by atoms with Crippen LogP contribution in [0.3, 0.4) is 0 Å². The van der Waals surface area contributed by atoms with E-state index in [1.165, 1.54) is 60.8 Å². The van der Waals surface area contributed by atoms with E-state index in [9.17, 15) is 4.79 Å². The van der Waals surface area contributed by atoms with E-state index >= 15 is 0 Å². The normalized spacial score (nSPS) is 27.4. The summed E-state index contributed by atoms with van der Waals surface area (Å²) in [4.78, 5) is 11.0. The lowest BCUT2D eigenvalue weighted by Crippen LogP contribution is -2.53. The summed E-state index contributed by atoms with van der Waals surface area (Å²) >= 11 is 0. The molecule has 1 aliphatic heterocycles. The number of carbonyl (C=O) groups is 1. The van der Waals surface area contributed by atoms with Gasteiger partial charge in [-0.2, -0.15) is 0 Å². The first-order valence-corrected chi connectivity index (χ1v) is 15.1. The zero-order chi connectivity index (χ0) is 27.5. The van der Waals surface area contributed by atoms with Crippen LogP contribution in [0.25, 0.3) is 0 Å². The van der Waals surface area contributed by atoms with Crippen molar-refractivity contribution in [3.63, 3.8) is 0 Å². The van der Waals surface area contributed by atoms with Crippen LogP contribution in [-0.2, 0) is 9.53 Å². The third-order valence-electron chi connectivity index (χ3n) is 9.05. The first-order chi connectivity index (χ1) is 17.5. The van der Waals surface area contributed by atoms with Gasteiger partial charge in [0.1, 0.15) is 0 Å². The molecule has 0 spiro atoms. The second kappa shape index (κ2) is 15.1. The van der Waals surface area contributed by atoms with Crippen molar-refractivity contribution in [1.29, 1.82) is 0 Å². The Morgan fingerprint density at radius 3 is 2.49 bits per heavy atom. The SMILES string of the molecule is CCCCCCC12OC(C)(CCC/C(C)=C/CC/C(C)=C/CCC(C)C(=O)O)CCC1=CC=C(C)C2C. The topological polar surface area (TPSA) is 46.5 Å². The van der Waals surface area contributed by atoms with Gasteiger partial charge in [-0.3, -0.25) is 4.79 Å². The molecule has 0 bridgehead atoms. The Hall–Kier alpha value is -1.61. The molecule has 1 aliphatic carbocycles. The molecule has 3 heteroatoms. The van der Waals surface area contributed by atoms with Crippen molar-refractivity contribution in [3.8, 4) is 0 Å². The number of fused-ring (bicyclic) bond motifs is 1. The third-order valence-corrected chi connectivity index (χ3v) is 9.05. The number of ether oxygens (including phenoxy) is 1. The highest BCUT2D eigenvalue weighted by Crippen LogP contribution is 2.51. The lowest BCUT2D eigenvalue weighted by Gasteiger charge is -2.53. The van der Waals surface area contributed by atoms with Crippen molar-refractivity contribution in [1.82, 2.24) is 0 Å². The fourth-order valence-electron chi connectivity index (χ4n) is 6.12. The highest BCUT2D eigenvalue weighted by Gasteiger charge is 2.50. The Balaban J connectivity index is 1.86. The van der Waals surface area contributed by atoms with E-state index in [0.29, 0.717) is 12.3 Å². The van der Waals surface area contributed by atoms with Crippen LogP contribution >= 0.6 is 0 Å². The van der Waals surface area contributed by atoms with Crippen LogP contribution < -0.4 is 0 Å². The summed E-state index contributed by atoms with van der Waals surface area (Å²) in [7, 11) is 0. The maximum Gasteiger partial charge on any atom is 0.306 e. The molecule has 0 aromatic rings. The molecule has 4 atom stereocenters. The summed E-state index contributed by atoms with van der Waals surface area (Å²) < 4.78 is 7.22. The molecule has 0 aromatic carbocycles. The van der Waals surface area contributed by atoms with E-state index in [1.807, 2.05) is 0 Å². The number of aliphatic carboxylic acids is 1. The Morgan fingerprint density at radius 2 is 1.78 bits per heavy atom. The van der Waals surface area contributed by atoms with Gasteiger partial charge in [0.25, 0.3) is 0 Å². The van der Waals surface area contributed by atoms with Gasteiger partial charge in [0.05, 0.1) is 17.1 Å². The molecule has 1 N–H and O–H groups in total. The first kappa shape index (κ1) is 31.6. The smallest absolute Gasteiger partial charge is 0.306 e. The average Bonchev–Trinajstić information content (AvgIpc) is 2.84. The van der Waals surface area contributed by atoms with E-state index in [-0.39, 0.29) is 17.1 Å². The molecule has 0 aromatic heterocycles. The van der Waals surface area contributed by atoms with Crippen LogP contribution in [0.5, 0.6) is 0 Å². The molecule has 0 amide bonds. The third kappa shape index (κ3) is 9.57. The molecular formula is C34H56O3. The molecule has 210 valence electrons. The van der Waals surface area contributed by atoms with E-state index in [2.05, 4.69) is 65.8 Å². The molecule has 2 aliphatic rings. The molecule has 2 rings (SSSR count). The quantitative estimate of drug-likeness (QED) is 0.165. The van der Waals surface area contributed by atoms with Gasteiger partial charge in [-0.15, -0.1) is 0 Å². The summed E-state index contributed by atoms with van der Waals surface area (Å²) in [5.74, 6) is -0.503. The number of carboxylic acid groups (broad SMARTS) is 1. The summed E-state index contributed by atoms with van der Waals surface area (Å²) in [5.41, 5.74) is 5.70. The second-order valence-corrected chi connectivity index (χ2v) is 12.4. The van der Waals surface area contributed by atoms with Crippen molar-refractivity contribution >= 4 is 5.97 Å². The minimum atomic E-state index is -0.698. The minimum absolute atomic E-state index is 0.0410. The lowest BCUT2D eigenvalue weighted by atomic mass is 9.67. The fourth-order valence-corrected chi connectivity index (χ4v) is 6.12. The fraction of sp³-hybridized carbons (Fsp3) is 0.735. The summed E-state index contributed by atoms with van der Waals surface area (Å²) in [6.45, 7) is 15.5. The Kier molecular flexibility index (Phi) is 12.9. The van der Waals surface area contributed by atoms with Gasteiger partial charge in [-0.05, 0) is 97.5 Å². The predicted octanol–water partition coefficient (Wildman–Crippen LogP) is 10.1. The van der Waals surface area contributed by atoms with Crippen LogP contribution in [0.15, 0.2) is 46.6 Å². The van der Waals surface area contributed by atoms with Crippen molar-refractivity contribution < 1.29 is 14.6 Å². The van der Waals surface area contributed by atoms with Crippen molar-refractivity contribution in [2.75, 3.05) is 0 Å². The first-order valence-electron chi connectivity index (χ1n) is 15.1. The highest BCUT2D eigenvalue weighted by atomic mass is 16.5. The number of carboxylic acids is 1. The summed E-state index contributed by atoms with van der Waals surface area (Å²) in [6.07, 6.45) is 25.1. The molecule has 0 radical (unpaired) electrons. The van der Waals surface area contributed by atoms with Crippen LogP contribution in [0.1, 0.15) is 138 Å². The number of allylic oxidation sites excluding steroid dienone is 6. The highest BCUT2D eigenvalue weighted by molar-refractivity contribution is 5.69. The van der Waals surface area contributed by atoms with Crippen LogP contribution in [0, 0.1) is 11.8 Å². The van der Waals surface area contributed by atoms with E-state index in [1.54, 1.807) is 6.92 Å². The van der Waals surface area contributed by atoms with Gasteiger partial charge < -0.3 is 9.84 Å². The molecule has 1 fully saturated rings. The average molecular weight is 513 g/mol. The molecule has 37 heavy (non-hydrogen) atoms. The van der Waals surface area contributed by atoms with Gasteiger partial charge in [-0.25, -0.2) is 0 Å². The number of hydrogen-bond acceptors (Lipinski definition) is 2. The molecule has 3 nitrogen and oxygen atoms in total. The van der Waals surface area contributed by atoms with Gasteiger partial charge in [0.2, 0.25) is 0 Å². The standard InChI is InChI=1S/C34H56O3/c1-8-9-10-11-24-34-30(6)28(4)20-21-31(34)22-25-33(7,37-34)23-14-18-27(3)16-12-15-26(2)17-13-19-29(5)32(35)36/h16-17,20-21,29-30H,8-15,18-19,22-25H2,1-7H3,(H,35,36)/b26-17+,27-16+. The monoisotopic (exact) mass is 512 g/mol. The van der Waals surface area contributed by atoms with Crippen molar-refractivity contribution in [2.45, 2.75) is 150 Å². The Morgan fingerprint density at radius 1 is 1.08 bits per heavy atom. The zero-order valence-electron chi connectivity index (χ0n) is 25.1. The van der Waals surface area contributed by atoms with E-state index in [4.69, 9.17) is 9.84 Å². The van der Waals surface area contributed by atoms with E-state index < -0.39 is 5.97 Å². The maximum atomic E-state index is 11.0. The van der Waals surface area contributed by atoms with Gasteiger partial charge in [0.15, 0.2) is 0 Å². The maximum absolute atomic E-state index is 11.0. The summed E-state index contributed by atoms with van der Waals surface area (Å²) in [5, 5.41) is 9.02. The van der Waals surface area contributed by atoms with Crippen molar-refractivity contribution in [2.24, 2.45) is 11.8 Å².